The second-order valence-corrected chi connectivity index (χ2v) is 4.89. The van der Waals surface area contributed by atoms with Crippen molar-refractivity contribution in [2.45, 2.75) is 19.8 Å². The fraction of sp³-hybridized carbons (Fsp3) is 0.462. The van der Waals surface area contributed by atoms with Crippen molar-refractivity contribution in [1.29, 1.82) is 0 Å². The number of carboxylic acid groups (broad SMARTS) is 1. The Bertz CT molecular complexity index is 423. The molecule has 0 aromatic heterocycles. The van der Waals surface area contributed by atoms with E-state index in [0.717, 1.165) is 11.3 Å². The molecule has 0 radical (unpaired) electrons. The molecule has 1 fully saturated rings. The second-order valence-electron chi connectivity index (χ2n) is 4.89. The van der Waals surface area contributed by atoms with Crippen LogP contribution in [0.15, 0.2) is 24.3 Å². The maximum atomic E-state index is 11.1. The van der Waals surface area contributed by atoms with E-state index in [0.29, 0.717) is 0 Å². The number of hydrogen-bond acceptors (Lipinski definition) is 2. The van der Waals surface area contributed by atoms with Gasteiger partial charge in [0.2, 0.25) is 0 Å². The molecule has 0 amide bonds. The fourth-order valence-electron chi connectivity index (χ4n) is 2.56. The Kier molecular flexibility index (Phi) is 2.41. The van der Waals surface area contributed by atoms with Gasteiger partial charge in [0.25, 0.3) is 0 Å². The molecule has 3 nitrogen and oxygen atoms in total. The van der Waals surface area contributed by atoms with E-state index in [1.807, 2.05) is 38.1 Å². The zero-order valence-electron chi connectivity index (χ0n) is 9.73. The van der Waals surface area contributed by atoms with Crippen molar-refractivity contribution in [2.75, 3.05) is 7.11 Å². The van der Waals surface area contributed by atoms with Gasteiger partial charge >= 0.3 is 5.97 Å². The third-order valence-corrected chi connectivity index (χ3v) is 3.55. The first-order chi connectivity index (χ1) is 7.48. The number of rotatable bonds is 3. The van der Waals surface area contributed by atoms with Crippen LogP contribution >= 0.6 is 0 Å². The van der Waals surface area contributed by atoms with Gasteiger partial charge in [-0.05, 0) is 23.1 Å². The van der Waals surface area contributed by atoms with Gasteiger partial charge in [-0.15, -0.1) is 0 Å². The second kappa shape index (κ2) is 3.51. The van der Waals surface area contributed by atoms with Crippen LogP contribution in [0.25, 0.3) is 0 Å². The number of carboxylic acids is 1. The number of benzene rings is 1. The van der Waals surface area contributed by atoms with Crippen LogP contribution < -0.4 is 4.74 Å². The van der Waals surface area contributed by atoms with E-state index in [-0.39, 0.29) is 17.3 Å². The van der Waals surface area contributed by atoms with Gasteiger partial charge in [-0.1, -0.05) is 26.0 Å². The van der Waals surface area contributed by atoms with Crippen molar-refractivity contribution in [3.8, 4) is 5.75 Å². The lowest BCUT2D eigenvalue weighted by molar-refractivity contribution is -0.139. The Balaban J connectivity index is 2.29. The molecule has 0 bridgehead atoms. The fourth-order valence-corrected chi connectivity index (χ4v) is 2.56. The van der Waals surface area contributed by atoms with Crippen LogP contribution in [0.3, 0.4) is 0 Å². The summed E-state index contributed by atoms with van der Waals surface area (Å²) < 4.78 is 5.15. The maximum absolute atomic E-state index is 11.1. The molecule has 1 saturated carbocycles. The van der Waals surface area contributed by atoms with Crippen LogP contribution in [0.4, 0.5) is 0 Å². The van der Waals surface area contributed by atoms with Crippen molar-refractivity contribution in [3.63, 3.8) is 0 Å². The van der Waals surface area contributed by atoms with Crippen molar-refractivity contribution >= 4 is 5.97 Å². The van der Waals surface area contributed by atoms with E-state index in [1.54, 1.807) is 7.11 Å². The zero-order valence-corrected chi connectivity index (χ0v) is 9.73. The average molecular weight is 220 g/mol. The monoisotopic (exact) mass is 220 g/mol. The molecule has 0 aliphatic heterocycles. The van der Waals surface area contributed by atoms with Gasteiger partial charge < -0.3 is 9.84 Å². The molecule has 0 saturated heterocycles. The Morgan fingerprint density at radius 3 is 2.62 bits per heavy atom. The van der Waals surface area contributed by atoms with Crippen LogP contribution in [0.1, 0.15) is 25.3 Å². The Morgan fingerprint density at radius 2 is 2.12 bits per heavy atom. The molecule has 1 aromatic carbocycles. The molecule has 0 unspecified atom stereocenters. The standard InChI is InChI=1S/C13H16O3/c1-13(2)10(11(13)12(14)15)8-5-4-6-9(7-8)16-3/h4-7,10-11H,1-3H3,(H,14,15)/t10-,11+/m1/s1. The number of ether oxygens (including phenoxy) is 1. The summed E-state index contributed by atoms with van der Waals surface area (Å²) in [6, 6.07) is 7.67. The molecule has 2 rings (SSSR count). The van der Waals surface area contributed by atoms with Gasteiger partial charge in [0.1, 0.15) is 5.75 Å². The highest BCUT2D eigenvalue weighted by molar-refractivity contribution is 5.77. The highest BCUT2D eigenvalue weighted by atomic mass is 16.5. The maximum Gasteiger partial charge on any atom is 0.307 e. The topological polar surface area (TPSA) is 46.5 Å². The smallest absolute Gasteiger partial charge is 0.307 e. The Labute approximate surface area is 95.0 Å². The first-order valence-corrected chi connectivity index (χ1v) is 5.35. The quantitative estimate of drug-likeness (QED) is 0.851. The van der Waals surface area contributed by atoms with Crippen molar-refractivity contribution in [1.82, 2.24) is 0 Å². The molecule has 3 heteroatoms. The molecular weight excluding hydrogens is 204 g/mol. The minimum absolute atomic E-state index is 0.0973. The summed E-state index contributed by atoms with van der Waals surface area (Å²) in [6.07, 6.45) is 0. The largest absolute Gasteiger partial charge is 0.497 e. The number of aliphatic carboxylic acids is 1. The minimum Gasteiger partial charge on any atom is -0.497 e. The summed E-state index contributed by atoms with van der Waals surface area (Å²) in [4.78, 5) is 11.1. The highest BCUT2D eigenvalue weighted by Gasteiger charge is 2.62. The van der Waals surface area contributed by atoms with Gasteiger partial charge in [0.15, 0.2) is 0 Å². The van der Waals surface area contributed by atoms with Crippen molar-refractivity contribution < 1.29 is 14.6 Å². The summed E-state index contributed by atoms with van der Waals surface area (Å²) in [7, 11) is 1.62. The molecule has 0 spiro atoms. The van der Waals surface area contributed by atoms with E-state index in [1.165, 1.54) is 0 Å². The van der Waals surface area contributed by atoms with E-state index >= 15 is 0 Å². The molecule has 0 heterocycles. The molecular formula is C13H16O3. The molecule has 1 N–H and O–H groups in total. The molecule has 2 atom stereocenters. The van der Waals surface area contributed by atoms with Crippen molar-refractivity contribution in [3.05, 3.63) is 29.8 Å². The predicted molar refractivity (Wildman–Crippen MR) is 60.6 cm³/mol. The summed E-state index contributed by atoms with van der Waals surface area (Å²) in [6.45, 7) is 3.99. The van der Waals surface area contributed by atoms with Gasteiger partial charge in [-0.2, -0.15) is 0 Å². The minimum atomic E-state index is -0.710. The molecule has 1 aromatic rings. The van der Waals surface area contributed by atoms with Gasteiger partial charge in [-0.3, -0.25) is 4.79 Å². The lowest BCUT2D eigenvalue weighted by Crippen LogP contribution is -2.03. The van der Waals surface area contributed by atoms with Crippen LogP contribution in [-0.2, 0) is 4.79 Å². The van der Waals surface area contributed by atoms with E-state index in [4.69, 9.17) is 9.84 Å². The Morgan fingerprint density at radius 1 is 1.44 bits per heavy atom. The van der Waals surface area contributed by atoms with Gasteiger partial charge in [0.05, 0.1) is 13.0 Å². The summed E-state index contributed by atoms with van der Waals surface area (Å²) in [5.41, 5.74) is 0.898. The van der Waals surface area contributed by atoms with Gasteiger partial charge in [0, 0.05) is 5.92 Å². The van der Waals surface area contributed by atoms with E-state index < -0.39 is 5.97 Å². The average Bonchev–Trinajstić information content (AvgIpc) is 2.82. The lowest BCUT2D eigenvalue weighted by Gasteiger charge is -2.05. The number of hydrogen-bond donors (Lipinski definition) is 1. The molecule has 16 heavy (non-hydrogen) atoms. The van der Waals surface area contributed by atoms with Crippen molar-refractivity contribution in [2.24, 2.45) is 11.3 Å². The first-order valence-electron chi connectivity index (χ1n) is 5.35. The first kappa shape index (κ1) is 11.0. The van der Waals surface area contributed by atoms with E-state index in [9.17, 15) is 4.79 Å². The summed E-state index contributed by atoms with van der Waals surface area (Å²) >= 11 is 0. The van der Waals surface area contributed by atoms with E-state index in [2.05, 4.69) is 0 Å². The normalized spacial score (nSPS) is 26.2. The summed E-state index contributed by atoms with van der Waals surface area (Å²) in [5.74, 6) is -0.109. The number of carbonyl (C=O) groups is 1. The third-order valence-electron chi connectivity index (χ3n) is 3.55. The molecule has 1 aliphatic carbocycles. The molecule has 86 valence electrons. The lowest BCUT2D eigenvalue weighted by atomic mass is 10.0. The zero-order chi connectivity index (χ0) is 11.9. The van der Waals surface area contributed by atoms with Crippen LogP contribution in [0, 0.1) is 11.3 Å². The molecule has 1 aliphatic rings. The predicted octanol–water partition coefficient (Wildman–Crippen LogP) is 2.52. The third kappa shape index (κ3) is 1.56. The Hall–Kier alpha value is -1.51. The van der Waals surface area contributed by atoms with Crippen LogP contribution in [-0.4, -0.2) is 18.2 Å². The van der Waals surface area contributed by atoms with Crippen LogP contribution in [0.5, 0.6) is 5.75 Å². The number of methoxy groups -OCH3 is 1. The summed E-state index contributed by atoms with van der Waals surface area (Å²) in [5, 5.41) is 9.12. The SMILES string of the molecule is COc1cccc([C@@H]2[C@@H](C(=O)O)C2(C)C)c1. The van der Waals surface area contributed by atoms with Gasteiger partial charge in [-0.25, -0.2) is 0 Å². The van der Waals surface area contributed by atoms with Crippen LogP contribution in [0.2, 0.25) is 0 Å². The highest BCUT2D eigenvalue weighted by Crippen LogP contribution is 2.64.